The molecule has 1 aromatic heterocycles. The van der Waals surface area contributed by atoms with Gasteiger partial charge >= 0.3 is 18.3 Å². The number of alkyl halides is 6. The van der Waals surface area contributed by atoms with Crippen molar-refractivity contribution < 1.29 is 45.3 Å². The number of rotatable bonds is 6. The van der Waals surface area contributed by atoms with E-state index in [4.69, 9.17) is 9.47 Å². The highest BCUT2D eigenvalue weighted by Gasteiger charge is 2.47. The van der Waals surface area contributed by atoms with Gasteiger partial charge in [-0.15, -0.1) is 0 Å². The Hall–Kier alpha value is -2.20. The summed E-state index contributed by atoms with van der Waals surface area (Å²) in [6.45, 7) is 4.75. The normalized spacial score (nSPS) is 12.3. The first-order valence-electron chi connectivity index (χ1n) is 7.53. The lowest BCUT2D eigenvalue weighted by molar-refractivity contribution is -0.151. The van der Waals surface area contributed by atoms with Gasteiger partial charge in [0.1, 0.15) is 5.56 Å². The number of nitrogens with zero attached hydrogens (tertiary/aromatic N) is 1. The topological polar surface area (TPSA) is 57.7 Å². The average Bonchev–Trinajstić information content (AvgIpc) is 2.45. The van der Waals surface area contributed by atoms with Gasteiger partial charge in [0.2, 0.25) is 0 Å². The van der Waals surface area contributed by atoms with Gasteiger partial charge in [-0.2, -0.15) is 26.3 Å². The summed E-state index contributed by atoms with van der Waals surface area (Å²) < 4.78 is 94.2. The maximum atomic E-state index is 13.3. The molecule has 0 bridgehead atoms. The van der Waals surface area contributed by atoms with Crippen molar-refractivity contribution in [3.05, 3.63) is 17.0 Å². The molecule has 11 heteroatoms. The fourth-order valence-electron chi connectivity index (χ4n) is 1.96. The molecule has 0 fully saturated rings. The summed E-state index contributed by atoms with van der Waals surface area (Å²) in [6.07, 6.45) is -11.5. The van der Waals surface area contributed by atoms with Gasteiger partial charge in [0, 0.05) is 0 Å². The van der Waals surface area contributed by atoms with Crippen molar-refractivity contribution in [1.82, 2.24) is 4.98 Å². The molecule has 0 aromatic carbocycles. The Morgan fingerprint density at radius 2 is 1.50 bits per heavy atom. The largest absolute Gasteiger partial charge is 0.488 e. The predicted octanol–water partition coefficient (Wildman–Crippen LogP) is 4.48. The van der Waals surface area contributed by atoms with Gasteiger partial charge < -0.3 is 14.2 Å². The molecule has 148 valence electrons. The van der Waals surface area contributed by atoms with Gasteiger partial charge in [0.25, 0.3) is 0 Å². The molecule has 0 N–H and O–H groups in total. The Morgan fingerprint density at radius 3 is 1.88 bits per heavy atom. The van der Waals surface area contributed by atoms with E-state index in [9.17, 15) is 31.1 Å². The highest BCUT2D eigenvalue weighted by Crippen LogP contribution is 2.47. The molecule has 0 saturated heterocycles. The molecule has 0 aliphatic carbocycles. The number of carbonyl (C=O) groups excluding carboxylic acids is 1. The van der Waals surface area contributed by atoms with E-state index in [1.165, 1.54) is 27.7 Å². The van der Waals surface area contributed by atoms with E-state index in [1.54, 1.807) is 0 Å². The molecule has 1 heterocycles. The second-order valence-corrected chi connectivity index (χ2v) is 5.16. The van der Waals surface area contributed by atoms with Crippen LogP contribution >= 0.6 is 0 Å². The molecule has 0 spiro atoms. The van der Waals surface area contributed by atoms with Gasteiger partial charge in [-0.3, -0.25) is 0 Å². The van der Waals surface area contributed by atoms with E-state index in [1.807, 2.05) is 0 Å². The number of hydrogen-bond acceptors (Lipinski definition) is 5. The number of pyridine rings is 1. The highest BCUT2D eigenvalue weighted by molar-refractivity contribution is 5.95. The van der Waals surface area contributed by atoms with Gasteiger partial charge in [0.05, 0.1) is 19.3 Å². The van der Waals surface area contributed by atoms with E-state index >= 15 is 0 Å². The smallest absolute Gasteiger partial charge is 0.437 e. The van der Waals surface area contributed by atoms with Crippen LogP contribution in [0, 0.1) is 0 Å². The zero-order chi connectivity index (χ0) is 20.3. The summed E-state index contributed by atoms with van der Waals surface area (Å²) in [5.74, 6) is -3.61. The first-order chi connectivity index (χ1) is 11.8. The highest BCUT2D eigenvalue weighted by atomic mass is 19.4. The van der Waals surface area contributed by atoms with Crippen LogP contribution in [0.4, 0.5) is 26.3 Å². The van der Waals surface area contributed by atoms with Crippen LogP contribution in [0.5, 0.6) is 11.5 Å². The van der Waals surface area contributed by atoms with Crippen molar-refractivity contribution in [3.63, 3.8) is 0 Å². The first-order valence-corrected chi connectivity index (χ1v) is 7.53. The van der Waals surface area contributed by atoms with Gasteiger partial charge in [0.15, 0.2) is 22.9 Å². The third kappa shape index (κ3) is 4.92. The number of halogens is 6. The van der Waals surface area contributed by atoms with Crippen LogP contribution in [0.2, 0.25) is 0 Å². The standard InChI is InChI=1S/C15H17F6NO4/c1-5-24-10-9(26-7(3)4)8(13(23)25-6-2)11(14(16,17)18)22-12(10)15(19,20)21/h7H,5-6H2,1-4H3. The Bertz CT molecular complexity index is 655. The lowest BCUT2D eigenvalue weighted by atomic mass is 10.1. The average molecular weight is 389 g/mol. The van der Waals surface area contributed by atoms with Crippen LogP contribution in [0.1, 0.15) is 49.4 Å². The number of aromatic nitrogens is 1. The summed E-state index contributed by atoms with van der Waals surface area (Å²) >= 11 is 0. The van der Waals surface area contributed by atoms with Gasteiger partial charge in [-0.1, -0.05) is 0 Å². The molecule has 5 nitrogen and oxygen atoms in total. The Balaban J connectivity index is 3.99. The van der Waals surface area contributed by atoms with Crippen LogP contribution in [-0.2, 0) is 17.1 Å². The summed E-state index contributed by atoms with van der Waals surface area (Å²) in [5.41, 5.74) is -5.25. The van der Waals surface area contributed by atoms with Gasteiger partial charge in [-0.25, -0.2) is 9.78 Å². The number of hydrogen-bond donors (Lipinski definition) is 0. The van der Waals surface area contributed by atoms with E-state index < -0.39 is 52.9 Å². The lowest BCUT2D eigenvalue weighted by Gasteiger charge is -2.23. The molecule has 0 saturated carbocycles. The van der Waals surface area contributed by atoms with Crippen molar-refractivity contribution in [2.75, 3.05) is 13.2 Å². The number of ether oxygens (including phenoxy) is 3. The third-order valence-electron chi connectivity index (χ3n) is 2.77. The van der Waals surface area contributed by atoms with Crippen LogP contribution < -0.4 is 9.47 Å². The molecule has 0 atom stereocenters. The molecule has 0 aliphatic heterocycles. The lowest BCUT2D eigenvalue weighted by Crippen LogP contribution is -2.25. The zero-order valence-electron chi connectivity index (χ0n) is 14.3. The second-order valence-electron chi connectivity index (χ2n) is 5.16. The quantitative estimate of drug-likeness (QED) is 0.530. The summed E-state index contributed by atoms with van der Waals surface area (Å²) in [4.78, 5) is 14.7. The maximum absolute atomic E-state index is 13.3. The van der Waals surface area contributed by atoms with Crippen molar-refractivity contribution in [2.45, 2.75) is 46.2 Å². The van der Waals surface area contributed by atoms with Crippen LogP contribution in [0.15, 0.2) is 0 Å². The SMILES string of the molecule is CCOC(=O)c1c(C(F)(F)F)nc(C(F)(F)F)c(OCC)c1OC(C)C. The maximum Gasteiger partial charge on any atom is 0.437 e. The Morgan fingerprint density at radius 1 is 0.962 bits per heavy atom. The molecule has 0 unspecified atom stereocenters. The molecule has 0 amide bonds. The fraction of sp³-hybridized carbons (Fsp3) is 0.600. The molecule has 1 aromatic rings. The van der Waals surface area contributed by atoms with Crippen molar-refractivity contribution >= 4 is 5.97 Å². The van der Waals surface area contributed by atoms with E-state index in [2.05, 4.69) is 9.72 Å². The minimum Gasteiger partial charge on any atom is -0.488 e. The first kappa shape index (κ1) is 21.8. The molecule has 0 radical (unpaired) electrons. The second kappa shape index (κ2) is 8.00. The van der Waals surface area contributed by atoms with E-state index in [0.29, 0.717) is 0 Å². The minimum atomic E-state index is -5.36. The van der Waals surface area contributed by atoms with Gasteiger partial charge in [-0.05, 0) is 27.7 Å². The summed E-state index contributed by atoms with van der Waals surface area (Å²) in [7, 11) is 0. The molecule has 26 heavy (non-hydrogen) atoms. The number of carbonyl (C=O) groups is 1. The van der Waals surface area contributed by atoms with Crippen LogP contribution in [0.25, 0.3) is 0 Å². The van der Waals surface area contributed by atoms with Crippen molar-refractivity contribution in [3.8, 4) is 11.5 Å². The summed E-state index contributed by atoms with van der Waals surface area (Å²) in [5, 5.41) is 0. The van der Waals surface area contributed by atoms with Crippen molar-refractivity contribution in [2.24, 2.45) is 0 Å². The summed E-state index contributed by atoms with van der Waals surface area (Å²) in [6, 6.07) is 0. The molecular weight excluding hydrogens is 372 g/mol. The molecule has 0 aliphatic rings. The van der Waals surface area contributed by atoms with E-state index in [0.717, 1.165) is 0 Å². The van der Waals surface area contributed by atoms with Crippen LogP contribution in [-0.4, -0.2) is 30.3 Å². The predicted molar refractivity (Wildman–Crippen MR) is 77.1 cm³/mol. The fourth-order valence-corrected chi connectivity index (χ4v) is 1.96. The molecular formula is C15H17F6NO4. The zero-order valence-corrected chi connectivity index (χ0v) is 14.3. The Kier molecular flexibility index (Phi) is 6.72. The third-order valence-corrected chi connectivity index (χ3v) is 2.77. The minimum absolute atomic E-state index is 0.303. The Labute approximate surface area is 145 Å². The monoisotopic (exact) mass is 389 g/mol. The van der Waals surface area contributed by atoms with E-state index in [-0.39, 0.29) is 13.2 Å². The van der Waals surface area contributed by atoms with Crippen LogP contribution in [0.3, 0.4) is 0 Å². The number of esters is 1. The molecule has 1 rings (SSSR count). The van der Waals surface area contributed by atoms with Crippen molar-refractivity contribution in [1.29, 1.82) is 0 Å².